The van der Waals surface area contributed by atoms with Gasteiger partial charge < -0.3 is 10.4 Å². The number of nitrogens with one attached hydrogen (secondary N) is 1. The third kappa shape index (κ3) is 4.49. The second kappa shape index (κ2) is 5.82. The highest BCUT2D eigenvalue weighted by atomic mass is 32.2. The minimum atomic E-state index is -2.85. The molecule has 1 aliphatic carbocycles. The Balaban J connectivity index is 2.12. The van der Waals surface area contributed by atoms with Gasteiger partial charge in [-0.2, -0.15) is 0 Å². The van der Waals surface area contributed by atoms with E-state index in [1.165, 1.54) is 0 Å². The monoisotopic (exact) mass is 235 g/mol. The van der Waals surface area contributed by atoms with E-state index in [0.29, 0.717) is 12.5 Å². The van der Waals surface area contributed by atoms with Crippen molar-refractivity contribution in [3.8, 4) is 0 Å². The molecule has 0 radical (unpaired) electrons. The van der Waals surface area contributed by atoms with Crippen molar-refractivity contribution in [2.45, 2.75) is 32.3 Å². The third-order valence-corrected chi connectivity index (χ3v) is 4.76. The Hall–Kier alpha value is -0.130. The summed E-state index contributed by atoms with van der Waals surface area (Å²) in [5.74, 6) is 0.724. The summed E-state index contributed by atoms with van der Waals surface area (Å²) >= 11 is 0. The Morgan fingerprint density at radius 2 is 2.13 bits per heavy atom. The van der Waals surface area contributed by atoms with Crippen LogP contribution in [0.3, 0.4) is 0 Å². The zero-order valence-corrected chi connectivity index (χ0v) is 10.1. The quantitative estimate of drug-likeness (QED) is 0.644. The van der Waals surface area contributed by atoms with Crippen molar-refractivity contribution in [2.75, 3.05) is 24.6 Å². The minimum absolute atomic E-state index is 0.194. The predicted molar refractivity (Wildman–Crippen MR) is 60.5 cm³/mol. The van der Waals surface area contributed by atoms with Gasteiger partial charge in [0.1, 0.15) is 0 Å². The van der Waals surface area contributed by atoms with Crippen LogP contribution in [0.1, 0.15) is 26.2 Å². The SMILES string of the molecule is CCS(=O)(=O)CCNCC1CCCC1O. The Morgan fingerprint density at radius 1 is 1.40 bits per heavy atom. The van der Waals surface area contributed by atoms with E-state index in [9.17, 15) is 13.5 Å². The molecule has 0 saturated heterocycles. The zero-order chi connectivity index (χ0) is 11.3. The zero-order valence-electron chi connectivity index (χ0n) is 9.28. The maximum absolute atomic E-state index is 11.2. The maximum atomic E-state index is 11.2. The van der Waals surface area contributed by atoms with Gasteiger partial charge in [0.25, 0.3) is 0 Å². The smallest absolute Gasteiger partial charge is 0.151 e. The highest BCUT2D eigenvalue weighted by Crippen LogP contribution is 2.24. The van der Waals surface area contributed by atoms with Gasteiger partial charge in [-0.1, -0.05) is 13.3 Å². The summed E-state index contributed by atoms with van der Waals surface area (Å²) in [6, 6.07) is 0. The molecule has 2 N–H and O–H groups in total. The number of rotatable bonds is 6. The Labute approximate surface area is 92.0 Å². The first-order chi connectivity index (χ1) is 7.05. The van der Waals surface area contributed by atoms with Crippen molar-refractivity contribution in [1.29, 1.82) is 0 Å². The van der Waals surface area contributed by atoms with Crippen LogP contribution in [0.4, 0.5) is 0 Å². The molecule has 5 heteroatoms. The van der Waals surface area contributed by atoms with Crippen LogP contribution in [0.25, 0.3) is 0 Å². The van der Waals surface area contributed by atoms with Gasteiger partial charge in [-0.3, -0.25) is 0 Å². The summed E-state index contributed by atoms with van der Waals surface area (Å²) in [5.41, 5.74) is 0. The lowest BCUT2D eigenvalue weighted by Crippen LogP contribution is -2.31. The number of aliphatic hydroxyl groups excluding tert-OH is 1. The molecule has 90 valence electrons. The maximum Gasteiger partial charge on any atom is 0.151 e. The number of aliphatic hydroxyl groups is 1. The number of sulfone groups is 1. The Kier molecular flexibility index (Phi) is 5.02. The van der Waals surface area contributed by atoms with Crippen LogP contribution in [0.2, 0.25) is 0 Å². The molecular formula is C10H21NO3S. The Bertz CT molecular complexity index is 276. The normalized spacial score (nSPS) is 27.1. The van der Waals surface area contributed by atoms with Crippen LogP contribution in [0, 0.1) is 5.92 Å². The van der Waals surface area contributed by atoms with Gasteiger partial charge in [-0.25, -0.2) is 8.42 Å². The fourth-order valence-corrected chi connectivity index (χ4v) is 2.66. The van der Waals surface area contributed by atoms with Crippen molar-refractivity contribution >= 4 is 9.84 Å². The van der Waals surface area contributed by atoms with E-state index in [4.69, 9.17) is 0 Å². The van der Waals surface area contributed by atoms with Crippen LogP contribution in [0.5, 0.6) is 0 Å². The van der Waals surface area contributed by atoms with Gasteiger partial charge >= 0.3 is 0 Å². The van der Waals surface area contributed by atoms with Gasteiger partial charge in [0.05, 0.1) is 11.9 Å². The fourth-order valence-electron chi connectivity index (χ4n) is 1.91. The van der Waals surface area contributed by atoms with E-state index in [1.54, 1.807) is 6.92 Å². The number of hydrogen-bond acceptors (Lipinski definition) is 4. The lowest BCUT2D eigenvalue weighted by Gasteiger charge is -2.14. The summed E-state index contributed by atoms with van der Waals surface area (Å²) in [7, 11) is -2.85. The molecule has 1 aliphatic rings. The van der Waals surface area contributed by atoms with E-state index >= 15 is 0 Å². The van der Waals surface area contributed by atoms with Crippen molar-refractivity contribution in [1.82, 2.24) is 5.32 Å². The van der Waals surface area contributed by atoms with Crippen LogP contribution >= 0.6 is 0 Å². The first-order valence-corrected chi connectivity index (χ1v) is 7.46. The lowest BCUT2D eigenvalue weighted by molar-refractivity contribution is 0.132. The van der Waals surface area contributed by atoms with Crippen LogP contribution in [-0.4, -0.2) is 44.2 Å². The molecule has 0 aromatic heterocycles. The molecule has 0 aromatic rings. The van der Waals surface area contributed by atoms with Crippen LogP contribution in [-0.2, 0) is 9.84 Å². The molecule has 0 amide bonds. The van der Waals surface area contributed by atoms with E-state index in [2.05, 4.69) is 5.32 Å². The van der Waals surface area contributed by atoms with Crippen molar-refractivity contribution in [3.05, 3.63) is 0 Å². The summed E-state index contributed by atoms with van der Waals surface area (Å²) in [6.45, 7) is 2.90. The molecule has 15 heavy (non-hydrogen) atoms. The minimum Gasteiger partial charge on any atom is -0.393 e. The van der Waals surface area contributed by atoms with E-state index in [1.807, 2.05) is 0 Å². The summed E-state index contributed by atoms with van der Waals surface area (Å²) in [5, 5.41) is 12.6. The molecule has 0 heterocycles. The fraction of sp³-hybridized carbons (Fsp3) is 1.00. The topological polar surface area (TPSA) is 66.4 Å². The van der Waals surface area contributed by atoms with E-state index in [0.717, 1.165) is 25.8 Å². The molecule has 2 atom stereocenters. The molecular weight excluding hydrogens is 214 g/mol. The van der Waals surface area contributed by atoms with Crippen molar-refractivity contribution < 1.29 is 13.5 Å². The summed E-state index contributed by atoms with van der Waals surface area (Å²) in [4.78, 5) is 0. The van der Waals surface area contributed by atoms with Gasteiger partial charge in [0, 0.05) is 18.8 Å². The molecule has 1 saturated carbocycles. The first-order valence-electron chi connectivity index (χ1n) is 5.64. The predicted octanol–water partition coefficient (Wildman–Crippen LogP) is 0.172. The lowest BCUT2D eigenvalue weighted by atomic mass is 10.1. The van der Waals surface area contributed by atoms with Gasteiger partial charge in [0.15, 0.2) is 9.84 Å². The van der Waals surface area contributed by atoms with Gasteiger partial charge in [-0.15, -0.1) is 0 Å². The highest BCUT2D eigenvalue weighted by molar-refractivity contribution is 7.91. The van der Waals surface area contributed by atoms with Gasteiger partial charge in [0.2, 0.25) is 0 Å². The second-order valence-electron chi connectivity index (χ2n) is 4.20. The Morgan fingerprint density at radius 3 is 2.67 bits per heavy atom. The molecule has 1 rings (SSSR count). The highest BCUT2D eigenvalue weighted by Gasteiger charge is 2.24. The number of hydrogen-bond donors (Lipinski definition) is 2. The molecule has 1 fully saturated rings. The van der Waals surface area contributed by atoms with Crippen LogP contribution in [0.15, 0.2) is 0 Å². The first kappa shape index (κ1) is 12.9. The second-order valence-corrected chi connectivity index (χ2v) is 6.67. The molecule has 0 aliphatic heterocycles. The average molecular weight is 235 g/mol. The molecule has 0 aromatic carbocycles. The largest absolute Gasteiger partial charge is 0.393 e. The van der Waals surface area contributed by atoms with E-state index in [-0.39, 0.29) is 17.6 Å². The van der Waals surface area contributed by atoms with Crippen molar-refractivity contribution in [3.63, 3.8) is 0 Å². The van der Waals surface area contributed by atoms with Crippen molar-refractivity contribution in [2.24, 2.45) is 5.92 Å². The standard InChI is InChI=1S/C10H21NO3S/c1-2-15(13,14)7-6-11-8-9-4-3-5-10(9)12/h9-12H,2-8H2,1H3. The molecule has 0 bridgehead atoms. The van der Waals surface area contributed by atoms with Gasteiger partial charge in [-0.05, 0) is 18.8 Å². The summed E-state index contributed by atoms with van der Waals surface area (Å²) < 4.78 is 22.3. The molecule has 4 nitrogen and oxygen atoms in total. The average Bonchev–Trinajstić information content (AvgIpc) is 2.59. The molecule has 0 spiro atoms. The third-order valence-electron chi connectivity index (χ3n) is 3.06. The van der Waals surface area contributed by atoms with Crippen LogP contribution < -0.4 is 5.32 Å². The molecule has 2 unspecified atom stereocenters. The summed E-state index contributed by atoms with van der Waals surface area (Å²) in [6.07, 6.45) is 2.83. The van der Waals surface area contributed by atoms with E-state index < -0.39 is 9.84 Å².